The van der Waals surface area contributed by atoms with E-state index in [1.807, 2.05) is 6.92 Å². The molecule has 0 aromatic heterocycles. The quantitative estimate of drug-likeness (QED) is 0.775. The summed E-state index contributed by atoms with van der Waals surface area (Å²) in [6, 6.07) is 1.78. The number of benzene rings is 1. The molecule has 0 amide bonds. The van der Waals surface area contributed by atoms with E-state index in [1.165, 1.54) is 0 Å². The molecule has 0 saturated carbocycles. The average molecular weight is 271 g/mol. The topological polar surface area (TPSA) is 35.5 Å². The third kappa shape index (κ3) is 1.74. The van der Waals surface area contributed by atoms with Gasteiger partial charge in [0.05, 0.1) is 4.47 Å². The fourth-order valence-electron chi connectivity index (χ4n) is 1.71. The van der Waals surface area contributed by atoms with E-state index in [0.29, 0.717) is 30.3 Å². The molecule has 0 aliphatic carbocycles. The maximum Gasteiger partial charge on any atom is 0.175 e. The van der Waals surface area contributed by atoms with Crippen LogP contribution in [0.2, 0.25) is 0 Å². The Labute approximate surface area is 96.5 Å². The lowest BCUT2D eigenvalue weighted by molar-refractivity contribution is 0.112. The third-order valence-corrected chi connectivity index (χ3v) is 2.97. The fraction of sp³-hybridized carbons (Fsp3) is 0.364. The number of rotatable bonds is 2. The van der Waals surface area contributed by atoms with Crippen molar-refractivity contribution in [3.63, 3.8) is 0 Å². The van der Waals surface area contributed by atoms with E-state index in [1.54, 1.807) is 6.07 Å². The van der Waals surface area contributed by atoms with Crippen LogP contribution in [0.1, 0.15) is 22.8 Å². The Morgan fingerprint density at radius 3 is 2.67 bits per heavy atom. The van der Waals surface area contributed by atoms with Gasteiger partial charge in [0.2, 0.25) is 0 Å². The van der Waals surface area contributed by atoms with Gasteiger partial charge in [0.15, 0.2) is 17.8 Å². The van der Waals surface area contributed by atoms with Crippen LogP contribution >= 0.6 is 15.9 Å². The Morgan fingerprint density at radius 2 is 2.07 bits per heavy atom. The van der Waals surface area contributed by atoms with Crippen molar-refractivity contribution in [1.82, 2.24) is 0 Å². The Morgan fingerprint density at radius 1 is 1.40 bits per heavy atom. The minimum atomic E-state index is 0.536. The number of halogens is 1. The van der Waals surface area contributed by atoms with Crippen molar-refractivity contribution in [3.05, 3.63) is 21.7 Å². The summed E-state index contributed by atoms with van der Waals surface area (Å²) in [4.78, 5) is 10.9. The van der Waals surface area contributed by atoms with Gasteiger partial charge in [-0.25, -0.2) is 0 Å². The van der Waals surface area contributed by atoms with E-state index in [9.17, 15) is 4.79 Å². The Kier molecular flexibility index (Phi) is 2.95. The summed E-state index contributed by atoms with van der Waals surface area (Å²) in [7, 11) is 0. The summed E-state index contributed by atoms with van der Waals surface area (Å²) in [6.45, 7) is 3.08. The van der Waals surface area contributed by atoms with Gasteiger partial charge in [-0.3, -0.25) is 4.79 Å². The molecule has 2 rings (SSSR count). The minimum absolute atomic E-state index is 0.536. The van der Waals surface area contributed by atoms with Gasteiger partial charge in [0.1, 0.15) is 13.2 Å². The molecule has 1 aliphatic rings. The molecule has 3 nitrogen and oxygen atoms in total. The average Bonchev–Trinajstić information content (AvgIpc) is 2.29. The molecule has 0 N–H and O–H groups in total. The third-order valence-electron chi connectivity index (χ3n) is 2.38. The molecule has 1 aromatic carbocycles. The van der Waals surface area contributed by atoms with Crippen molar-refractivity contribution in [2.75, 3.05) is 13.2 Å². The first-order chi connectivity index (χ1) is 7.27. The van der Waals surface area contributed by atoms with Crippen LogP contribution in [0.15, 0.2) is 10.5 Å². The minimum Gasteiger partial charge on any atom is -0.486 e. The lowest BCUT2D eigenvalue weighted by atomic mass is 10.0. The van der Waals surface area contributed by atoms with Crippen LogP contribution in [0.4, 0.5) is 0 Å². The zero-order valence-electron chi connectivity index (χ0n) is 8.38. The SMILES string of the molecule is CCc1c(C=O)cc(Br)c2c1OCCO2. The van der Waals surface area contributed by atoms with E-state index in [2.05, 4.69) is 15.9 Å². The maximum absolute atomic E-state index is 10.9. The van der Waals surface area contributed by atoms with E-state index < -0.39 is 0 Å². The lowest BCUT2D eigenvalue weighted by Crippen LogP contribution is -2.17. The first kappa shape index (κ1) is 10.5. The number of hydrogen-bond acceptors (Lipinski definition) is 3. The highest BCUT2D eigenvalue weighted by Gasteiger charge is 2.21. The second kappa shape index (κ2) is 4.23. The lowest BCUT2D eigenvalue weighted by Gasteiger charge is -2.22. The summed E-state index contributed by atoms with van der Waals surface area (Å²) in [5.74, 6) is 1.42. The molecule has 80 valence electrons. The molecule has 1 aliphatic heterocycles. The number of fused-ring (bicyclic) bond motifs is 1. The Balaban J connectivity index is 2.64. The van der Waals surface area contributed by atoms with Crippen LogP contribution in [0.5, 0.6) is 11.5 Å². The molecule has 0 fully saturated rings. The second-order valence-corrected chi connectivity index (χ2v) is 4.11. The second-order valence-electron chi connectivity index (χ2n) is 3.25. The zero-order valence-corrected chi connectivity index (χ0v) is 9.96. The van der Waals surface area contributed by atoms with Crippen molar-refractivity contribution in [3.8, 4) is 11.5 Å². The largest absolute Gasteiger partial charge is 0.486 e. The first-order valence-electron chi connectivity index (χ1n) is 4.84. The molecule has 0 atom stereocenters. The van der Waals surface area contributed by atoms with Gasteiger partial charge in [-0.1, -0.05) is 6.92 Å². The van der Waals surface area contributed by atoms with Crippen molar-refractivity contribution >= 4 is 22.2 Å². The summed E-state index contributed by atoms with van der Waals surface area (Å²) in [5, 5.41) is 0. The number of ether oxygens (including phenoxy) is 2. The van der Waals surface area contributed by atoms with Crippen molar-refractivity contribution in [2.24, 2.45) is 0 Å². The van der Waals surface area contributed by atoms with Crippen LogP contribution in [0.25, 0.3) is 0 Å². The molecule has 15 heavy (non-hydrogen) atoms. The van der Waals surface area contributed by atoms with Gasteiger partial charge in [-0.05, 0) is 28.4 Å². The van der Waals surface area contributed by atoms with Gasteiger partial charge in [0.25, 0.3) is 0 Å². The van der Waals surface area contributed by atoms with Gasteiger partial charge in [0, 0.05) is 11.1 Å². The predicted molar refractivity (Wildman–Crippen MR) is 59.9 cm³/mol. The van der Waals surface area contributed by atoms with Gasteiger partial charge in [-0.2, -0.15) is 0 Å². The summed E-state index contributed by atoms with van der Waals surface area (Å²) in [5.41, 5.74) is 1.58. The van der Waals surface area contributed by atoms with Gasteiger partial charge >= 0.3 is 0 Å². The van der Waals surface area contributed by atoms with Crippen LogP contribution < -0.4 is 9.47 Å². The van der Waals surface area contributed by atoms with Crippen molar-refractivity contribution < 1.29 is 14.3 Å². The number of hydrogen-bond donors (Lipinski definition) is 0. The highest BCUT2D eigenvalue weighted by atomic mass is 79.9. The summed E-state index contributed by atoms with van der Waals surface area (Å²) >= 11 is 3.37. The van der Waals surface area contributed by atoms with Gasteiger partial charge in [-0.15, -0.1) is 0 Å². The normalized spacial score (nSPS) is 13.7. The predicted octanol–water partition coefficient (Wildman–Crippen LogP) is 2.60. The van der Waals surface area contributed by atoms with E-state index >= 15 is 0 Å². The van der Waals surface area contributed by atoms with Crippen LogP contribution in [0.3, 0.4) is 0 Å². The zero-order chi connectivity index (χ0) is 10.8. The summed E-state index contributed by atoms with van der Waals surface area (Å²) < 4.78 is 11.8. The standard InChI is InChI=1S/C11H11BrO3/c1-2-8-7(6-13)5-9(12)11-10(8)14-3-4-15-11/h5-6H,2-4H2,1H3. The van der Waals surface area contributed by atoms with Gasteiger partial charge < -0.3 is 9.47 Å². The molecule has 0 saturated heterocycles. The molecule has 0 unspecified atom stereocenters. The number of aldehydes is 1. The number of carbonyl (C=O) groups is 1. The molecular formula is C11H11BrO3. The molecule has 0 bridgehead atoms. The van der Waals surface area contributed by atoms with E-state index in [-0.39, 0.29) is 0 Å². The molecule has 0 radical (unpaired) electrons. The highest BCUT2D eigenvalue weighted by Crippen LogP contribution is 2.41. The molecule has 1 heterocycles. The molecule has 4 heteroatoms. The van der Waals surface area contributed by atoms with Crippen LogP contribution in [-0.4, -0.2) is 19.5 Å². The molecule has 0 spiro atoms. The number of carbonyl (C=O) groups excluding carboxylic acids is 1. The van der Waals surface area contributed by atoms with Crippen molar-refractivity contribution in [2.45, 2.75) is 13.3 Å². The van der Waals surface area contributed by atoms with Crippen LogP contribution in [-0.2, 0) is 6.42 Å². The monoisotopic (exact) mass is 270 g/mol. The van der Waals surface area contributed by atoms with E-state index in [4.69, 9.17) is 9.47 Å². The maximum atomic E-state index is 10.9. The Bertz CT molecular complexity index is 401. The van der Waals surface area contributed by atoms with Crippen LogP contribution in [0, 0.1) is 0 Å². The van der Waals surface area contributed by atoms with E-state index in [0.717, 1.165) is 22.7 Å². The highest BCUT2D eigenvalue weighted by molar-refractivity contribution is 9.10. The molecular weight excluding hydrogens is 260 g/mol. The first-order valence-corrected chi connectivity index (χ1v) is 5.63. The fourth-order valence-corrected chi connectivity index (χ4v) is 2.25. The Hall–Kier alpha value is -1.03. The summed E-state index contributed by atoms with van der Waals surface area (Å²) in [6.07, 6.45) is 1.61. The smallest absolute Gasteiger partial charge is 0.175 e. The molecule has 1 aromatic rings. The van der Waals surface area contributed by atoms with Crippen molar-refractivity contribution in [1.29, 1.82) is 0 Å².